The molecule has 0 radical (unpaired) electrons. The van der Waals surface area contributed by atoms with E-state index in [1.807, 2.05) is 6.92 Å². The highest BCUT2D eigenvalue weighted by atomic mass is 35.5. The molecule has 114 valence electrons. The van der Waals surface area contributed by atoms with Crippen LogP contribution in [0.15, 0.2) is 53.6 Å². The molecule has 0 aliphatic rings. The lowest BCUT2D eigenvalue weighted by Crippen LogP contribution is -2.20. The lowest BCUT2D eigenvalue weighted by molar-refractivity contribution is 0.0955. The number of rotatable bonds is 5. The summed E-state index contributed by atoms with van der Waals surface area (Å²) in [5.41, 5.74) is 4.51. The fraction of sp³-hybridized carbons (Fsp3) is 0.176. The van der Waals surface area contributed by atoms with E-state index in [0.717, 1.165) is 12.0 Å². The van der Waals surface area contributed by atoms with E-state index < -0.39 is 0 Å². The number of halogens is 2. The summed E-state index contributed by atoms with van der Waals surface area (Å²) in [4.78, 5) is 12.0. The van der Waals surface area contributed by atoms with E-state index in [-0.39, 0.29) is 11.7 Å². The van der Waals surface area contributed by atoms with Gasteiger partial charge in [0, 0.05) is 10.6 Å². The van der Waals surface area contributed by atoms with Crippen LogP contribution in [-0.2, 0) is 0 Å². The summed E-state index contributed by atoms with van der Waals surface area (Å²) in [6.45, 7) is 2.01. The van der Waals surface area contributed by atoms with Crippen LogP contribution >= 0.6 is 11.6 Å². The third-order valence-electron chi connectivity index (χ3n) is 3.06. The lowest BCUT2D eigenvalue weighted by atomic mass is 10.1. The smallest absolute Gasteiger partial charge is 0.267 e. The number of hydrazone groups is 1. The highest BCUT2D eigenvalue weighted by Crippen LogP contribution is 2.10. The number of hydrogen-bond acceptors (Lipinski definition) is 2. The number of carbonyl (C=O) groups excluding carboxylic acids is 1. The fourth-order valence-electron chi connectivity index (χ4n) is 1.93. The molecule has 3 nitrogen and oxygen atoms in total. The third-order valence-corrected chi connectivity index (χ3v) is 3.32. The van der Waals surface area contributed by atoms with Crippen molar-refractivity contribution in [3.63, 3.8) is 0 Å². The lowest BCUT2D eigenvalue weighted by Gasteiger charge is -2.07. The molecule has 0 bridgehead atoms. The molecule has 0 atom stereocenters. The first-order valence-electron chi connectivity index (χ1n) is 6.98. The van der Waals surface area contributed by atoms with Gasteiger partial charge in [-0.05, 0) is 48.4 Å². The second-order valence-electron chi connectivity index (χ2n) is 4.76. The molecule has 0 aromatic heterocycles. The first-order chi connectivity index (χ1) is 10.6. The number of nitrogens with zero attached hydrogens (tertiary/aromatic N) is 1. The van der Waals surface area contributed by atoms with Crippen molar-refractivity contribution < 1.29 is 9.18 Å². The van der Waals surface area contributed by atoms with Crippen LogP contribution in [0.25, 0.3) is 0 Å². The van der Waals surface area contributed by atoms with E-state index in [2.05, 4.69) is 10.5 Å². The van der Waals surface area contributed by atoms with E-state index in [1.54, 1.807) is 36.4 Å². The predicted octanol–water partition coefficient (Wildman–Crippen LogP) is 4.41. The molecule has 2 aromatic rings. The van der Waals surface area contributed by atoms with Crippen LogP contribution < -0.4 is 5.43 Å². The van der Waals surface area contributed by atoms with Crippen LogP contribution in [0.2, 0.25) is 5.02 Å². The first kappa shape index (κ1) is 16.2. The normalized spacial score (nSPS) is 11.3. The fourth-order valence-corrected chi connectivity index (χ4v) is 2.05. The molecule has 5 heteroatoms. The topological polar surface area (TPSA) is 41.5 Å². The minimum atomic E-state index is -0.313. The molecule has 0 fully saturated rings. The summed E-state index contributed by atoms with van der Waals surface area (Å²) in [6, 6.07) is 12.6. The molecule has 1 amide bonds. The number of amides is 1. The number of hydrogen-bond donors (Lipinski definition) is 1. The highest BCUT2D eigenvalue weighted by Gasteiger charge is 2.07. The zero-order chi connectivity index (χ0) is 15.9. The van der Waals surface area contributed by atoms with Gasteiger partial charge in [-0.2, -0.15) is 5.10 Å². The summed E-state index contributed by atoms with van der Waals surface area (Å²) in [5, 5.41) is 4.74. The van der Waals surface area contributed by atoms with E-state index >= 15 is 0 Å². The third kappa shape index (κ3) is 4.40. The predicted molar refractivity (Wildman–Crippen MR) is 86.8 cm³/mol. The van der Waals surface area contributed by atoms with Crippen LogP contribution in [0.1, 0.15) is 35.7 Å². The van der Waals surface area contributed by atoms with Crippen LogP contribution in [0.5, 0.6) is 0 Å². The summed E-state index contributed by atoms with van der Waals surface area (Å²) in [7, 11) is 0. The van der Waals surface area contributed by atoms with Gasteiger partial charge in [0.2, 0.25) is 0 Å². The number of nitrogens with one attached hydrogen (secondary N) is 1. The van der Waals surface area contributed by atoms with Crippen LogP contribution in [0.3, 0.4) is 0 Å². The van der Waals surface area contributed by atoms with Gasteiger partial charge in [-0.1, -0.05) is 37.1 Å². The molecular formula is C17H16ClFN2O. The molecule has 22 heavy (non-hydrogen) atoms. The van der Waals surface area contributed by atoms with Crippen molar-refractivity contribution in [3.05, 3.63) is 70.5 Å². The number of benzene rings is 2. The molecule has 0 aliphatic carbocycles. The monoisotopic (exact) mass is 318 g/mol. The van der Waals surface area contributed by atoms with Gasteiger partial charge < -0.3 is 0 Å². The van der Waals surface area contributed by atoms with Crippen molar-refractivity contribution in [1.82, 2.24) is 5.43 Å². The minimum absolute atomic E-state index is 0.301. The van der Waals surface area contributed by atoms with Crippen molar-refractivity contribution >= 4 is 23.2 Å². The number of carbonyl (C=O) groups is 1. The van der Waals surface area contributed by atoms with Crippen molar-refractivity contribution in [2.24, 2.45) is 5.10 Å². The van der Waals surface area contributed by atoms with E-state index in [9.17, 15) is 9.18 Å². The van der Waals surface area contributed by atoms with Crippen molar-refractivity contribution in [2.45, 2.75) is 19.8 Å². The molecule has 0 aliphatic heterocycles. The van der Waals surface area contributed by atoms with Crippen LogP contribution in [0, 0.1) is 5.82 Å². The molecule has 2 aromatic carbocycles. The summed E-state index contributed by atoms with van der Waals surface area (Å²) in [5.74, 6) is -0.614. The second-order valence-corrected chi connectivity index (χ2v) is 5.20. The maximum Gasteiger partial charge on any atom is 0.271 e. The van der Waals surface area contributed by atoms with Gasteiger partial charge in [0.15, 0.2) is 0 Å². The first-order valence-corrected chi connectivity index (χ1v) is 7.36. The molecule has 0 spiro atoms. The Morgan fingerprint density at radius 2 is 1.68 bits per heavy atom. The Balaban J connectivity index is 2.14. The zero-order valence-electron chi connectivity index (χ0n) is 12.1. The molecular weight excluding hydrogens is 303 g/mol. The Bertz CT molecular complexity index is 666. The SMILES string of the molecule is CCC/C(=N/NC(=O)c1ccc(Cl)cc1)c1ccc(F)cc1. The van der Waals surface area contributed by atoms with Gasteiger partial charge in [0.05, 0.1) is 5.71 Å². The van der Waals surface area contributed by atoms with Crippen LogP contribution in [-0.4, -0.2) is 11.6 Å². The highest BCUT2D eigenvalue weighted by molar-refractivity contribution is 6.30. The molecule has 0 heterocycles. The van der Waals surface area contributed by atoms with Gasteiger partial charge in [0.1, 0.15) is 5.82 Å². The van der Waals surface area contributed by atoms with Crippen molar-refractivity contribution in [1.29, 1.82) is 0 Å². The average molecular weight is 319 g/mol. The Morgan fingerprint density at radius 3 is 2.27 bits per heavy atom. The maximum absolute atomic E-state index is 13.0. The Hall–Kier alpha value is -2.20. The summed E-state index contributed by atoms with van der Waals surface area (Å²) < 4.78 is 13.0. The molecule has 0 saturated carbocycles. The molecule has 0 unspecified atom stereocenters. The summed E-state index contributed by atoms with van der Waals surface area (Å²) in [6.07, 6.45) is 1.56. The van der Waals surface area contributed by atoms with Crippen molar-refractivity contribution in [3.8, 4) is 0 Å². The quantitative estimate of drug-likeness (QED) is 0.643. The Morgan fingerprint density at radius 1 is 1.09 bits per heavy atom. The van der Waals surface area contributed by atoms with E-state index in [4.69, 9.17) is 11.6 Å². The molecule has 2 rings (SSSR count). The van der Waals surface area contributed by atoms with Gasteiger partial charge in [-0.15, -0.1) is 0 Å². The minimum Gasteiger partial charge on any atom is -0.267 e. The Kier molecular flexibility index (Phi) is 5.67. The van der Waals surface area contributed by atoms with Crippen LogP contribution in [0.4, 0.5) is 4.39 Å². The Labute approximate surface area is 133 Å². The largest absolute Gasteiger partial charge is 0.271 e. The van der Waals surface area contributed by atoms with Crippen molar-refractivity contribution in [2.75, 3.05) is 0 Å². The zero-order valence-corrected chi connectivity index (χ0v) is 12.9. The summed E-state index contributed by atoms with van der Waals surface area (Å²) >= 11 is 5.79. The van der Waals surface area contributed by atoms with Gasteiger partial charge in [-0.3, -0.25) is 4.79 Å². The maximum atomic E-state index is 13.0. The average Bonchev–Trinajstić information content (AvgIpc) is 2.53. The van der Waals surface area contributed by atoms with E-state index in [1.165, 1.54) is 12.1 Å². The van der Waals surface area contributed by atoms with E-state index in [0.29, 0.717) is 22.7 Å². The standard InChI is InChI=1S/C17H16ClFN2O/c1-2-3-16(12-6-10-15(19)11-7-12)20-21-17(22)13-4-8-14(18)9-5-13/h4-11H,2-3H2,1H3,(H,21,22)/b20-16-. The van der Waals surface area contributed by atoms with Gasteiger partial charge >= 0.3 is 0 Å². The molecule has 1 N–H and O–H groups in total. The molecule has 0 saturated heterocycles. The second kappa shape index (κ2) is 7.71. The van der Waals surface area contributed by atoms with Gasteiger partial charge in [-0.25, -0.2) is 9.82 Å². The van der Waals surface area contributed by atoms with Gasteiger partial charge in [0.25, 0.3) is 5.91 Å².